The van der Waals surface area contributed by atoms with Crippen LogP contribution in [-0.4, -0.2) is 22.9 Å². The van der Waals surface area contributed by atoms with Crippen molar-refractivity contribution in [1.29, 1.82) is 0 Å². The lowest BCUT2D eigenvalue weighted by molar-refractivity contribution is 0.0959. The van der Waals surface area contributed by atoms with Crippen LogP contribution in [0.15, 0.2) is 48.7 Å². The molecule has 1 amide bonds. The van der Waals surface area contributed by atoms with Crippen LogP contribution in [0.5, 0.6) is 0 Å². The summed E-state index contributed by atoms with van der Waals surface area (Å²) >= 11 is 5.77. The van der Waals surface area contributed by atoms with Gasteiger partial charge in [0.2, 0.25) is 0 Å². The van der Waals surface area contributed by atoms with Crippen LogP contribution in [0.1, 0.15) is 21.6 Å². The molecule has 0 aliphatic rings. The Morgan fingerprint density at radius 3 is 2.79 bits per heavy atom. The van der Waals surface area contributed by atoms with Crippen LogP contribution in [0, 0.1) is 5.82 Å². The molecule has 8 heteroatoms. The van der Waals surface area contributed by atoms with E-state index in [-0.39, 0.29) is 17.3 Å². The molecule has 0 aliphatic heterocycles. The van der Waals surface area contributed by atoms with Gasteiger partial charge in [-0.25, -0.2) is 14.4 Å². The molecule has 0 bridgehead atoms. The van der Waals surface area contributed by atoms with E-state index in [1.807, 2.05) is 24.3 Å². The molecule has 0 spiro atoms. The molecule has 1 heterocycles. The molecule has 3 rings (SSSR count). The maximum Gasteiger partial charge on any atom is 0.273 e. The molecule has 144 valence electrons. The third-order valence-corrected chi connectivity index (χ3v) is 4.36. The number of nitrogen functional groups attached to an aromatic ring is 1. The maximum atomic E-state index is 13.8. The Labute approximate surface area is 167 Å². The van der Waals surface area contributed by atoms with E-state index in [1.165, 1.54) is 19.3 Å². The first-order chi connectivity index (χ1) is 13.5. The topological polar surface area (TPSA) is 92.9 Å². The number of carbonyl (C=O) groups is 1. The summed E-state index contributed by atoms with van der Waals surface area (Å²) in [5, 5.41) is 6.06. The normalized spacial score (nSPS) is 10.7. The van der Waals surface area contributed by atoms with Gasteiger partial charge in [-0.15, -0.1) is 0 Å². The van der Waals surface area contributed by atoms with Crippen molar-refractivity contribution < 1.29 is 9.18 Å². The van der Waals surface area contributed by atoms with Crippen LogP contribution in [-0.2, 0) is 13.1 Å². The average Bonchev–Trinajstić information content (AvgIpc) is 2.69. The first-order valence-electron chi connectivity index (χ1n) is 8.56. The Bertz CT molecular complexity index is 1010. The van der Waals surface area contributed by atoms with E-state index in [1.54, 1.807) is 12.1 Å². The van der Waals surface area contributed by atoms with Gasteiger partial charge in [0.05, 0.1) is 11.9 Å². The largest absolute Gasteiger partial charge is 0.382 e. The van der Waals surface area contributed by atoms with Crippen LogP contribution >= 0.6 is 11.6 Å². The zero-order chi connectivity index (χ0) is 20.1. The molecule has 4 N–H and O–H groups in total. The Hall–Kier alpha value is -3.03. The predicted molar refractivity (Wildman–Crippen MR) is 107 cm³/mol. The highest BCUT2D eigenvalue weighted by molar-refractivity contribution is 6.30. The standard InChI is InChI=1S/C20H19ClFN5O/c1-24-20(28)18-19(23)26-11-17(27-18)13-4-2-3-12(7-13)9-25-10-14-5-6-15(21)8-16(14)22/h2-8,11,25H,9-10H2,1H3,(H2,23,26)(H,24,28). The van der Waals surface area contributed by atoms with Crippen molar-refractivity contribution in [3.05, 3.63) is 76.3 Å². The van der Waals surface area contributed by atoms with Gasteiger partial charge in [0.1, 0.15) is 5.82 Å². The summed E-state index contributed by atoms with van der Waals surface area (Å²) in [5.74, 6) is -0.659. The molecule has 0 fully saturated rings. The van der Waals surface area contributed by atoms with Crippen molar-refractivity contribution in [3.63, 3.8) is 0 Å². The fraction of sp³-hybridized carbons (Fsp3) is 0.150. The van der Waals surface area contributed by atoms with Gasteiger partial charge in [-0.3, -0.25) is 4.79 Å². The summed E-state index contributed by atoms with van der Waals surface area (Å²) < 4.78 is 13.8. The van der Waals surface area contributed by atoms with E-state index >= 15 is 0 Å². The fourth-order valence-corrected chi connectivity index (χ4v) is 2.83. The number of anilines is 1. The van der Waals surface area contributed by atoms with Crippen LogP contribution < -0.4 is 16.4 Å². The number of benzene rings is 2. The number of nitrogens with one attached hydrogen (secondary N) is 2. The minimum atomic E-state index is -0.394. The number of amides is 1. The zero-order valence-corrected chi connectivity index (χ0v) is 15.9. The lowest BCUT2D eigenvalue weighted by atomic mass is 10.1. The average molecular weight is 400 g/mol. The lowest BCUT2D eigenvalue weighted by Gasteiger charge is -2.09. The van der Waals surface area contributed by atoms with Gasteiger partial charge >= 0.3 is 0 Å². The molecule has 28 heavy (non-hydrogen) atoms. The highest BCUT2D eigenvalue weighted by Crippen LogP contribution is 2.20. The molecular formula is C20H19ClFN5O. The summed E-state index contributed by atoms with van der Waals surface area (Å²) in [4.78, 5) is 20.2. The van der Waals surface area contributed by atoms with Gasteiger partial charge in [-0.2, -0.15) is 0 Å². The zero-order valence-electron chi connectivity index (χ0n) is 15.2. The van der Waals surface area contributed by atoms with E-state index < -0.39 is 5.91 Å². The molecular weight excluding hydrogens is 381 g/mol. The molecule has 0 aliphatic carbocycles. The van der Waals surface area contributed by atoms with Gasteiger partial charge in [0.25, 0.3) is 5.91 Å². The number of rotatable bonds is 6. The smallest absolute Gasteiger partial charge is 0.273 e. The molecule has 0 unspecified atom stereocenters. The first kappa shape index (κ1) is 19.7. The number of carbonyl (C=O) groups excluding carboxylic acids is 1. The maximum absolute atomic E-state index is 13.8. The Balaban J connectivity index is 1.73. The van der Waals surface area contributed by atoms with E-state index in [0.717, 1.165) is 11.1 Å². The van der Waals surface area contributed by atoms with Crippen molar-refractivity contribution >= 4 is 23.3 Å². The van der Waals surface area contributed by atoms with Gasteiger partial charge in [-0.05, 0) is 23.8 Å². The van der Waals surface area contributed by atoms with E-state index in [9.17, 15) is 9.18 Å². The highest BCUT2D eigenvalue weighted by atomic mass is 35.5. The van der Waals surface area contributed by atoms with Gasteiger partial charge in [0.15, 0.2) is 11.5 Å². The Morgan fingerprint density at radius 1 is 1.21 bits per heavy atom. The van der Waals surface area contributed by atoms with Crippen LogP contribution in [0.3, 0.4) is 0 Å². The lowest BCUT2D eigenvalue weighted by Crippen LogP contribution is -2.21. The van der Waals surface area contributed by atoms with Crippen molar-refractivity contribution in [3.8, 4) is 11.3 Å². The number of nitrogens with zero attached hydrogens (tertiary/aromatic N) is 2. The van der Waals surface area contributed by atoms with Crippen LogP contribution in [0.4, 0.5) is 10.2 Å². The molecule has 1 aromatic heterocycles. The summed E-state index contributed by atoms with van der Waals surface area (Å²) in [6.45, 7) is 0.899. The number of halogens is 2. The summed E-state index contributed by atoms with van der Waals surface area (Å²) in [6.07, 6.45) is 1.53. The summed E-state index contributed by atoms with van der Waals surface area (Å²) in [5.41, 5.74) is 8.68. The van der Waals surface area contributed by atoms with Crippen molar-refractivity contribution in [2.45, 2.75) is 13.1 Å². The van der Waals surface area contributed by atoms with Crippen molar-refractivity contribution in [2.75, 3.05) is 12.8 Å². The van der Waals surface area contributed by atoms with Crippen molar-refractivity contribution in [1.82, 2.24) is 20.6 Å². The Morgan fingerprint density at radius 2 is 2.04 bits per heavy atom. The second-order valence-electron chi connectivity index (χ2n) is 6.11. The van der Waals surface area contributed by atoms with Crippen LogP contribution in [0.2, 0.25) is 5.02 Å². The number of aromatic nitrogens is 2. The van der Waals surface area contributed by atoms with Gasteiger partial charge in [0, 0.05) is 36.3 Å². The number of hydrogen-bond donors (Lipinski definition) is 3. The monoisotopic (exact) mass is 399 g/mol. The molecule has 0 radical (unpaired) electrons. The van der Waals surface area contributed by atoms with E-state index in [2.05, 4.69) is 20.6 Å². The minimum absolute atomic E-state index is 0.0749. The third-order valence-electron chi connectivity index (χ3n) is 4.13. The molecule has 0 saturated carbocycles. The minimum Gasteiger partial charge on any atom is -0.382 e. The second kappa shape index (κ2) is 8.77. The molecule has 3 aromatic rings. The van der Waals surface area contributed by atoms with Gasteiger partial charge < -0.3 is 16.4 Å². The third kappa shape index (κ3) is 4.62. The Kier molecular flexibility index (Phi) is 6.18. The van der Waals surface area contributed by atoms with Crippen molar-refractivity contribution in [2.24, 2.45) is 0 Å². The summed E-state index contributed by atoms with van der Waals surface area (Å²) in [7, 11) is 1.51. The van der Waals surface area contributed by atoms with E-state index in [0.29, 0.717) is 29.4 Å². The molecule has 2 aromatic carbocycles. The first-order valence-corrected chi connectivity index (χ1v) is 8.94. The highest BCUT2D eigenvalue weighted by Gasteiger charge is 2.13. The number of nitrogens with two attached hydrogens (primary N) is 1. The van der Waals surface area contributed by atoms with E-state index in [4.69, 9.17) is 17.3 Å². The quantitative estimate of drug-likeness (QED) is 0.592. The number of hydrogen-bond acceptors (Lipinski definition) is 5. The van der Waals surface area contributed by atoms with Gasteiger partial charge in [-0.1, -0.05) is 35.9 Å². The fourth-order valence-electron chi connectivity index (χ4n) is 2.67. The SMILES string of the molecule is CNC(=O)c1nc(-c2cccc(CNCc3ccc(Cl)cc3F)c2)cnc1N. The predicted octanol–water partition coefficient (Wildman–Crippen LogP) is 3.17. The summed E-state index contributed by atoms with van der Waals surface area (Å²) in [6, 6.07) is 12.2. The molecule has 0 atom stereocenters. The second-order valence-corrected chi connectivity index (χ2v) is 6.54. The molecule has 6 nitrogen and oxygen atoms in total. The molecule has 0 saturated heterocycles. The van der Waals surface area contributed by atoms with Crippen LogP contribution in [0.25, 0.3) is 11.3 Å².